The normalized spacial score (nSPS) is 12.2. The van der Waals surface area contributed by atoms with Gasteiger partial charge < -0.3 is 19.5 Å². The van der Waals surface area contributed by atoms with Crippen LogP contribution in [0.4, 0.5) is 4.79 Å². The van der Waals surface area contributed by atoms with Crippen LogP contribution >= 0.6 is 0 Å². The minimum atomic E-state index is -1.09. The van der Waals surface area contributed by atoms with E-state index < -0.39 is 29.3 Å². The van der Waals surface area contributed by atoms with E-state index in [0.717, 1.165) is 5.56 Å². The second-order valence-electron chi connectivity index (χ2n) is 7.09. The molecule has 0 aliphatic heterocycles. The minimum absolute atomic E-state index is 0.0773. The van der Waals surface area contributed by atoms with Crippen LogP contribution in [0.2, 0.25) is 0 Å². The Kier molecular flexibility index (Phi) is 6.50. The molecule has 28 heavy (non-hydrogen) atoms. The molecule has 0 spiro atoms. The summed E-state index contributed by atoms with van der Waals surface area (Å²) in [6.07, 6.45) is -0.854. The van der Waals surface area contributed by atoms with E-state index in [1.807, 2.05) is 0 Å². The number of hydrogen-bond acceptors (Lipinski definition) is 6. The number of H-pyrrole nitrogens is 2. The standard InChI is InChI=1S/C19H25N3O6/c1-19(2,3)28-18(25)20-14(17(24)27-5)10-13-15(21-22-16(13)23)11-6-8-12(26-4)9-7-11/h6-9,14H,10H2,1-5H3,(H,20,25)(H2,21,22,23)/t14-/m0/s1. The lowest BCUT2D eigenvalue weighted by molar-refractivity contribution is -0.143. The van der Waals surface area contributed by atoms with E-state index >= 15 is 0 Å². The molecule has 0 aliphatic carbocycles. The summed E-state index contributed by atoms with van der Waals surface area (Å²) in [5.74, 6) is -0.0191. The topological polar surface area (TPSA) is 123 Å². The summed E-state index contributed by atoms with van der Waals surface area (Å²) in [5.41, 5.74) is 0.398. The van der Waals surface area contributed by atoms with E-state index in [1.54, 1.807) is 52.1 Å². The molecule has 1 aromatic heterocycles. The van der Waals surface area contributed by atoms with Crippen molar-refractivity contribution in [3.63, 3.8) is 0 Å². The fourth-order valence-corrected chi connectivity index (χ4v) is 2.57. The van der Waals surface area contributed by atoms with Crippen LogP contribution < -0.4 is 15.6 Å². The van der Waals surface area contributed by atoms with Gasteiger partial charge in [0.25, 0.3) is 5.56 Å². The number of hydrogen-bond donors (Lipinski definition) is 3. The second kappa shape index (κ2) is 8.64. The van der Waals surface area contributed by atoms with Gasteiger partial charge in [0.15, 0.2) is 0 Å². The molecule has 9 heteroatoms. The summed E-state index contributed by atoms with van der Waals surface area (Å²) in [6.45, 7) is 5.12. The fraction of sp³-hybridized carbons (Fsp3) is 0.421. The molecule has 2 rings (SSSR count). The Balaban J connectivity index is 2.29. The average molecular weight is 391 g/mol. The molecule has 0 unspecified atom stereocenters. The third kappa shape index (κ3) is 5.38. The van der Waals surface area contributed by atoms with Gasteiger partial charge in [-0.05, 0) is 45.0 Å². The largest absolute Gasteiger partial charge is 0.497 e. The van der Waals surface area contributed by atoms with Crippen molar-refractivity contribution in [2.45, 2.75) is 38.8 Å². The molecule has 0 saturated carbocycles. The van der Waals surface area contributed by atoms with Gasteiger partial charge in [0, 0.05) is 17.5 Å². The fourth-order valence-electron chi connectivity index (χ4n) is 2.57. The summed E-state index contributed by atoms with van der Waals surface area (Å²) < 4.78 is 15.1. The molecular weight excluding hydrogens is 366 g/mol. The molecule has 1 amide bonds. The molecule has 0 aliphatic rings. The van der Waals surface area contributed by atoms with Gasteiger partial charge in [0.05, 0.1) is 19.9 Å². The second-order valence-corrected chi connectivity index (χ2v) is 7.09. The highest BCUT2D eigenvalue weighted by Gasteiger charge is 2.28. The molecule has 0 saturated heterocycles. The number of aromatic nitrogens is 2. The van der Waals surface area contributed by atoms with Gasteiger partial charge in [-0.1, -0.05) is 0 Å². The van der Waals surface area contributed by atoms with E-state index in [4.69, 9.17) is 14.2 Å². The van der Waals surface area contributed by atoms with E-state index in [1.165, 1.54) is 7.11 Å². The molecule has 3 N–H and O–H groups in total. The first-order valence-electron chi connectivity index (χ1n) is 8.66. The number of esters is 1. The monoisotopic (exact) mass is 391 g/mol. The Hall–Kier alpha value is -3.23. The maximum Gasteiger partial charge on any atom is 0.408 e. The third-order valence-corrected chi connectivity index (χ3v) is 3.84. The lowest BCUT2D eigenvalue weighted by atomic mass is 10.0. The van der Waals surface area contributed by atoms with Gasteiger partial charge in [-0.15, -0.1) is 0 Å². The van der Waals surface area contributed by atoms with Gasteiger partial charge in [-0.25, -0.2) is 9.59 Å². The summed E-state index contributed by atoms with van der Waals surface area (Å²) >= 11 is 0. The highest BCUT2D eigenvalue weighted by Crippen LogP contribution is 2.23. The molecule has 1 aromatic carbocycles. The van der Waals surface area contributed by atoms with E-state index in [-0.39, 0.29) is 6.42 Å². The van der Waals surface area contributed by atoms with Gasteiger partial charge in [0.1, 0.15) is 17.4 Å². The van der Waals surface area contributed by atoms with Crippen molar-refractivity contribution in [3.05, 3.63) is 40.2 Å². The zero-order chi connectivity index (χ0) is 20.9. The molecule has 9 nitrogen and oxygen atoms in total. The number of nitrogens with one attached hydrogen (secondary N) is 3. The Morgan fingerprint density at radius 1 is 1.11 bits per heavy atom. The summed E-state index contributed by atoms with van der Waals surface area (Å²) in [5, 5.41) is 7.78. The SMILES string of the molecule is COC(=O)[C@H](Cc1c(-c2ccc(OC)cc2)[nH][nH]c1=O)NC(=O)OC(C)(C)C. The predicted molar refractivity (Wildman–Crippen MR) is 102 cm³/mol. The maximum atomic E-state index is 12.3. The van der Waals surface area contributed by atoms with Crippen LogP contribution in [0.3, 0.4) is 0 Å². The van der Waals surface area contributed by atoms with Crippen molar-refractivity contribution in [2.24, 2.45) is 0 Å². The van der Waals surface area contributed by atoms with Crippen LogP contribution in [0, 0.1) is 0 Å². The zero-order valence-electron chi connectivity index (χ0n) is 16.5. The number of carbonyl (C=O) groups excluding carboxylic acids is 2. The van der Waals surface area contributed by atoms with Crippen LogP contribution in [-0.2, 0) is 20.7 Å². The number of aromatic amines is 2. The van der Waals surface area contributed by atoms with Gasteiger partial charge >= 0.3 is 12.1 Å². The number of alkyl carbamates (subject to hydrolysis) is 1. The molecule has 0 radical (unpaired) electrons. The quantitative estimate of drug-likeness (QED) is 0.647. The molecular formula is C19H25N3O6. The highest BCUT2D eigenvalue weighted by molar-refractivity contribution is 5.82. The molecule has 1 heterocycles. The number of rotatable bonds is 6. The number of ether oxygens (including phenoxy) is 3. The molecule has 1 atom stereocenters. The number of carbonyl (C=O) groups is 2. The Morgan fingerprint density at radius 3 is 2.29 bits per heavy atom. The zero-order valence-corrected chi connectivity index (χ0v) is 16.5. The van der Waals surface area contributed by atoms with Crippen LogP contribution in [0.5, 0.6) is 5.75 Å². The van der Waals surface area contributed by atoms with E-state index in [2.05, 4.69) is 15.5 Å². The lowest BCUT2D eigenvalue weighted by Gasteiger charge is -2.22. The summed E-state index contributed by atoms with van der Waals surface area (Å²) in [7, 11) is 2.76. The van der Waals surface area contributed by atoms with Gasteiger partial charge in [0.2, 0.25) is 0 Å². The van der Waals surface area contributed by atoms with Crippen molar-refractivity contribution in [1.29, 1.82) is 0 Å². The maximum absolute atomic E-state index is 12.3. The number of amides is 1. The van der Waals surface area contributed by atoms with Crippen molar-refractivity contribution < 1.29 is 23.8 Å². The number of methoxy groups -OCH3 is 2. The summed E-state index contributed by atoms with van der Waals surface area (Å²) in [6, 6.07) is 5.96. The van der Waals surface area contributed by atoms with Crippen molar-refractivity contribution in [3.8, 4) is 17.0 Å². The summed E-state index contributed by atoms with van der Waals surface area (Å²) in [4.78, 5) is 36.5. The third-order valence-electron chi connectivity index (χ3n) is 3.84. The van der Waals surface area contributed by atoms with Crippen LogP contribution in [-0.4, -0.2) is 48.1 Å². The first-order valence-corrected chi connectivity index (χ1v) is 8.66. The highest BCUT2D eigenvalue weighted by atomic mass is 16.6. The van der Waals surface area contributed by atoms with Crippen LogP contribution in [0.15, 0.2) is 29.1 Å². The Labute approximate surface area is 162 Å². The van der Waals surface area contributed by atoms with Gasteiger partial charge in [-0.3, -0.25) is 15.0 Å². The van der Waals surface area contributed by atoms with Crippen molar-refractivity contribution >= 4 is 12.1 Å². The van der Waals surface area contributed by atoms with Gasteiger partial charge in [-0.2, -0.15) is 0 Å². The molecule has 2 aromatic rings. The predicted octanol–water partition coefficient (Wildman–Crippen LogP) is 1.99. The molecule has 0 bridgehead atoms. The van der Waals surface area contributed by atoms with Crippen molar-refractivity contribution in [1.82, 2.24) is 15.5 Å². The van der Waals surface area contributed by atoms with Crippen LogP contribution in [0.25, 0.3) is 11.3 Å². The number of benzene rings is 1. The van der Waals surface area contributed by atoms with E-state index in [0.29, 0.717) is 17.0 Å². The van der Waals surface area contributed by atoms with Crippen LogP contribution in [0.1, 0.15) is 26.3 Å². The Morgan fingerprint density at radius 2 is 1.75 bits per heavy atom. The lowest BCUT2D eigenvalue weighted by Crippen LogP contribution is -2.45. The first-order chi connectivity index (χ1) is 13.1. The average Bonchev–Trinajstić information content (AvgIpc) is 2.99. The van der Waals surface area contributed by atoms with E-state index in [9.17, 15) is 14.4 Å². The molecule has 0 fully saturated rings. The minimum Gasteiger partial charge on any atom is -0.497 e. The Bertz CT molecular complexity index is 876. The smallest absolute Gasteiger partial charge is 0.408 e. The van der Waals surface area contributed by atoms with Crippen molar-refractivity contribution in [2.75, 3.05) is 14.2 Å². The first kappa shape index (κ1) is 21.1. The molecule has 152 valence electrons.